The molecular formula is C7H7BrN2O2S. The van der Waals surface area contributed by atoms with Crippen molar-refractivity contribution in [1.29, 1.82) is 0 Å². The molecule has 1 aromatic carbocycles. The summed E-state index contributed by atoms with van der Waals surface area (Å²) in [4.78, 5) is 0. The van der Waals surface area contributed by atoms with Crippen molar-refractivity contribution in [2.24, 2.45) is 0 Å². The molecule has 0 saturated heterocycles. The van der Waals surface area contributed by atoms with Gasteiger partial charge in [0.25, 0.3) is 0 Å². The number of rotatable bonds is 0. The Hall–Kier alpha value is -0.750. The molecule has 0 fully saturated rings. The molecule has 1 heterocycles. The summed E-state index contributed by atoms with van der Waals surface area (Å²) >= 11 is 3.28. The Balaban J connectivity index is 2.64. The zero-order valence-corrected chi connectivity index (χ0v) is 9.18. The fourth-order valence-corrected chi connectivity index (χ4v) is 2.53. The Morgan fingerprint density at radius 1 is 1.46 bits per heavy atom. The van der Waals surface area contributed by atoms with Crippen LogP contribution in [0, 0.1) is 0 Å². The van der Waals surface area contributed by atoms with E-state index in [4.69, 9.17) is 0 Å². The maximum atomic E-state index is 11.3. The van der Waals surface area contributed by atoms with Crippen molar-refractivity contribution < 1.29 is 8.42 Å². The highest BCUT2D eigenvalue weighted by Gasteiger charge is 2.28. The summed E-state index contributed by atoms with van der Waals surface area (Å²) in [6.45, 7) is 0. The SMILES string of the molecule is CN1c2cc(Br)ccc2NS1(=O)=O. The molecule has 70 valence electrons. The van der Waals surface area contributed by atoms with E-state index in [0.29, 0.717) is 11.4 Å². The number of anilines is 2. The lowest BCUT2D eigenvalue weighted by Gasteiger charge is -2.08. The molecule has 1 N–H and O–H groups in total. The molecule has 1 aromatic rings. The second-order valence-electron chi connectivity index (χ2n) is 2.74. The van der Waals surface area contributed by atoms with Crippen molar-refractivity contribution in [3.63, 3.8) is 0 Å². The molecule has 0 aromatic heterocycles. The topological polar surface area (TPSA) is 49.4 Å². The quantitative estimate of drug-likeness (QED) is 0.772. The first-order chi connectivity index (χ1) is 6.00. The first kappa shape index (κ1) is 8.83. The Bertz CT molecular complexity index is 458. The summed E-state index contributed by atoms with van der Waals surface area (Å²) in [6, 6.07) is 5.27. The van der Waals surface area contributed by atoms with Gasteiger partial charge in [-0.05, 0) is 18.2 Å². The Kier molecular flexibility index (Phi) is 1.78. The molecular weight excluding hydrogens is 256 g/mol. The summed E-state index contributed by atoms with van der Waals surface area (Å²) < 4.78 is 27.2. The smallest absolute Gasteiger partial charge is 0.264 e. The lowest BCUT2D eigenvalue weighted by atomic mass is 10.3. The van der Waals surface area contributed by atoms with Crippen LogP contribution in [-0.2, 0) is 10.2 Å². The summed E-state index contributed by atoms with van der Waals surface area (Å²) in [5.74, 6) is 0. The van der Waals surface area contributed by atoms with Crippen LogP contribution in [0.4, 0.5) is 11.4 Å². The van der Waals surface area contributed by atoms with Crippen LogP contribution in [0.1, 0.15) is 0 Å². The van der Waals surface area contributed by atoms with E-state index >= 15 is 0 Å². The number of nitrogens with zero attached hydrogens (tertiary/aromatic N) is 1. The van der Waals surface area contributed by atoms with Crippen molar-refractivity contribution in [2.45, 2.75) is 0 Å². The zero-order chi connectivity index (χ0) is 9.64. The van der Waals surface area contributed by atoms with Gasteiger partial charge in [-0.1, -0.05) is 15.9 Å². The molecule has 1 aliphatic rings. The van der Waals surface area contributed by atoms with Gasteiger partial charge in [0.2, 0.25) is 0 Å². The van der Waals surface area contributed by atoms with E-state index in [2.05, 4.69) is 20.7 Å². The molecule has 13 heavy (non-hydrogen) atoms. The Morgan fingerprint density at radius 2 is 2.15 bits per heavy atom. The van der Waals surface area contributed by atoms with Crippen molar-refractivity contribution in [1.82, 2.24) is 0 Å². The van der Waals surface area contributed by atoms with Crippen molar-refractivity contribution in [3.8, 4) is 0 Å². The van der Waals surface area contributed by atoms with Crippen LogP contribution in [0.25, 0.3) is 0 Å². The summed E-state index contributed by atoms with van der Waals surface area (Å²) in [7, 11) is -1.82. The molecule has 0 aliphatic carbocycles. The van der Waals surface area contributed by atoms with Gasteiger partial charge in [0.15, 0.2) is 0 Å². The fraction of sp³-hybridized carbons (Fsp3) is 0.143. The molecule has 0 bridgehead atoms. The molecule has 1 aliphatic heterocycles. The van der Waals surface area contributed by atoms with Crippen LogP contribution in [-0.4, -0.2) is 15.5 Å². The molecule has 0 spiro atoms. The molecule has 0 amide bonds. The average molecular weight is 263 g/mol. The molecule has 4 nitrogen and oxygen atoms in total. The van der Waals surface area contributed by atoms with Gasteiger partial charge in [-0.3, -0.25) is 9.03 Å². The van der Waals surface area contributed by atoms with Crippen LogP contribution >= 0.6 is 15.9 Å². The van der Waals surface area contributed by atoms with Crippen molar-refractivity contribution in [3.05, 3.63) is 22.7 Å². The average Bonchev–Trinajstić information content (AvgIpc) is 2.26. The Labute approximate surface area is 84.9 Å². The van der Waals surface area contributed by atoms with E-state index in [9.17, 15) is 8.42 Å². The van der Waals surface area contributed by atoms with Crippen LogP contribution < -0.4 is 9.03 Å². The predicted octanol–water partition coefficient (Wildman–Crippen LogP) is 1.56. The number of fused-ring (bicyclic) bond motifs is 1. The highest BCUT2D eigenvalue weighted by atomic mass is 79.9. The second kappa shape index (κ2) is 2.62. The molecule has 6 heteroatoms. The number of hydrogen-bond donors (Lipinski definition) is 1. The number of benzene rings is 1. The zero-order valence-electron chi connectivity index (χ0n) is 6.78. The third-order valence-electron chi connectivity index (χ3n) is 1.90. The van der Waals surface area contributed by atoms with Crippen LogP contribution in [0.5, 0.6) is 0 Å². The van der Waals surface area contributed by atoms with Gasteiger partial charge in [0, 0.05) is 11.5 Å². The molecule has 0 atom stereocenters. The van der Waals surface area contributed by atoms with Crippen LogP contribution in [0.2, 0.25) is 0 Å². The second-order valence-corrected chi connectivity index (χ2v) is 5.35. The Morgan fingerprint density at radius 3 is 2.85 bits per heavy atom. The third-order valence-corrected chi connectivity index (χ3v) is 3.79. The predicted molar refractivity (Wildman–Crippen MR) is 55.1 cm³/mol. The minimum Gasteiger partial charge on any atom is -0.264 e. The monoisotopic (exact) mass is 262 g/mol. The lowest BCUT2D eigenvalue weighted by molar-refractivity contribution is 0.601. The molecule has 0 saturated carbocycles. The van der Waals surface area contributed by atoms with E-state index in [1.807, 2.05) is 0 Å². The van der Waals surface area contributed by atoms with Gasteiger partial charge < -0.3 is 0 Å². The minimum absolute atomic E-state index is 0.616. The summed E-state index contributed by atoms with van der Waals surface area (Å²) in [5, 5.41) is 0. The maximum Gasteiger partial charge on any atom is 0.323 e. The van der Waals surface area contributed by atoms with Crippen molar-refractivity contribution in [2.75, 3.05) is 16.1 Å². The van der Waals surface area contributed by atoms with Crippen LogP contribution in [0.3, 0.4) is 0 Å². The first-order valence-corrected chi connectivity index (χ1v) is 5.80. The highest BCUT2D eigenvalue weighted by molar-refractivity contribution is 9.10. The molecule has 0 radical (unpaired) electrons. The largest absolute Gasteiger partial charge is 0.323 e. The summed E-state index contributed by atoms with van der Waals surface area (Å²) in [6.07, 6.45) is 0. The summed E-state index contributed by atoms with van der Waals surface area (Å²) in [5.41, 5.74) is 1.28. The van der Waals surface area contributed by atoms with Gasteiger partial charge in [-0.2, -0.15) is 8.42 Å². The van der Waals surface area contributed by atoms with E-state index in [1.165, 1.54) is 11.4 Å². The van der Waals surface area contributed by atoms with Crippen molar-refractivity contribution >= 4 is 37.5 Å². The van der Waals surface area contributed by atoms with Gasteiger partial charge in [-0.25, -0.2) is 0 Å². The number of halogens is 1. The first-order valence-electron chi connectivity index (χ1n) is 3.57. The molecule has 2 rings (SSSR count). The third kappa shape index (κ3) is 1.30. The standard InChI is InChI=1S/C7H7BrN2O2S/c1-10-7-4-5(8)2-3-6(7)9-13(10,11)12/h2-4,9H,1H3. The van der Waals surface area contributed by atoms with E-state index in [-0.39, 0.29) is 0 Å². The normalized spacial score (nSPS) is 18.2. The highest BCUT2D eigenvalue weighted by Crippen LogP contribution is 2.36. The van der Waals surface area contributed by atoms with Gasteiger partial charge in [-0.15, -0.1) is 0 Å². The van der Waals surface area contributed by atoms with E-state index < -0.39 is 10.2 Å². The lowest BCUT2D eigenvalue weighted by Crippen LogP contribution is -2.25. The minimum atomic E-state index is -3.34. The van der Waals surface area contributed by atoms with Gasteiger partial charge >= 0.3 is 10.2 Å². The molecule has 0 unspecified atom stereocenters. The maximum absolute atomic E-state index is 11.3. The number of nitrogens with one attached hydrogen (secondary N) is 1. The van der Waals surface area contributed by atoms with Crippen LogP contribution in [0.15, 0.2) is 22.7 Å². The van der Waals surface area contributed by atoms with Gasteiger partial charge in [0.05, 0.1) is 11.4 Å². The number of hydrogen-bond acceptors (Lipinski definition) is 2. The van der Waals surface area contributed by atoms with E-state index in [0.717, 1.165) is 4.47 Å². The fourth-order valence-electron chi connectivity index (χ4n) is 1.19. The van der Waals surface area contributed by atoms with Gasteiger partial charge in [0.1, 0.15) is 0 Å². The van der Waals surface area contributed by atoms with E-state index in [1.54, 1.807) is 18.2 Å².